The van der Waals surface area contributed by atoms with Gasteiger partial charge in [0.1, 0.15) is 0 Å². The van der Waals surface area contributed by atoms with Crippen molar-refractivity contribution >= 4 is 0 Å². The molecule has 0 saturated heterocycles. The number of rotatable bonds is 3. The number of aromatic nitrogens is 3. The van der Waals surface area contributed by atoms with E-state index < -0.39 is 0 Å². The van der Waals surface area contributed by atoms with Gasteiger partial charge in [-0.3, -0.25) is 0 Å². The highest BCUT2D eigenvalue weighted by atomic mass is 15.4. The van der Waals surface area contributed by atoms with Crippen LogP contribution in [0, 0.1) is 5.41 Å². The molecule has 1 saturated carbocycles. The second kappa shape index (κ2) is 2.80. The molecular formula is C9H16N4. The Morgan fingerprint density at radius 2 is 2.38 bits per heavy atom. The molecule has 13 heavy (non-hydrogen) atoms. The highest BCUT2D eigenvalue weighted by Crippen LogP contribution is 2.53. The molecule has 1 fully saturated rings. The maximum atomic E-state index is 6.15. The van der Waals surface area contributed by atoms with Crippen molar-refractivity contribution in [2.24, 2.45) is 11.1 Å². The van der Waals surface area contributed by atoms with Crippen LogP contribution in [0.2, 0.25) is 0 Å². The van der Waals surface area contributed by atoms with Gasteiger partial charge in [0.25, 0.3) is 0 Å². The fourth-order valence-corrected chi connectivity index (χ4v) is 1.62. The summed E-state index contributed by atoms with van der Waals surface area (Å²) in [4.78, 5) is 0. The number of aryl methyl sites for hydroxylation is 1. The van der Waals surface area contributed by atoms with Crippen molar-refractivity contribution in [2.45, 2.75) is 39.3 Å². The molecule has 1 aromatic rings. The lowest BCUT2D eigenvalue weighted by Crippen LogP contribution is -2.23. The van der Waals surface area contributed by atoms with Crippen molar-refractivity contribution in [1.82, 2.24) is 15.0 Å². The summed E-state index contributed by atoms with van der Waals surface area (Å²) in [6, 6.07) is 0.0995. The highest BCUT2D eigenvalue weighted by Gasteiger charge is 2.44. The molecule has 0 aliphatic heterocycles. The molecule has 1 heterocycles. The van der Waals surface area contributed by atoms with E-state index in [4.69, 9.17) is 5.73 Å². The van der Waals surface area contributed by atoms with Crippen molar-refractivity contribution in [3.8, 4) is 0 Å². The van der Waals surface area contributed by atoms with Crippen LogP contribution >= 0.6 is 0 Å². The lowest BCUT2D eigenvalue weighted by atomic mass is 9.97. The van der Waals surface area contributed by atoms with Gasteiger partial charge in [-0.15, -0.1) is 5.10 Å². The first kappa shape index (κ1) is 8.69. The van der Waals surface area contributed by atoms with Crippen LogP contribution in [0.1, 0.15) is 38.4 Å². The summed E-state index contributed by atoms with van der Waals surface area (Å²) in [5, 5.41) is 7.87. The van der Waals surface area contributed by atoms with Gasteiger partial charge in [-0.1, -0.05) is 12.1 Å². The summed E-state index contributed by atoms with van der Waals surface area (Å²) >= 11 is 0. The van der Waals surface area contributed by atoms with E-state index in [2.05, 4.69) is 24.2 Å². The second-order valence-corrected chi connectivity index (χ2v) is 4.11. The maximum Gasteiger partial charge on any atom is 0.0759 e. The first-order valence-electron chi connectivity index (χ1n) is 4.81. The largest absolute Gasteiger partial charge is 0.322 e. The highest BCUT2D eigenvalue weighted by molar-refractivity contribution is 5.11. The Morgan fingerprint density at radius 1 is 1.69 bits per heavy atom. The minimum Gasteiger partial charge on any atom is -0.322 e. The fraction of sp³-hybridized carbons (Fsp3) is 0.778. The number of nitrogens with zero attached hydrogens (tertiary/aromatic N) is 3. The quantitative estimate of drug-likeness (QED) is 0.757. The van der Waals surface area contributed by atoms with E-state index in [0.717, 1.165) is 12.2 Å². The molecule has 1 aromatic heterocycles. The van der Waals surface area contributed by atoms with Crippen molar-refractivity contribution in [3.05, 3.63) is 11.9 Å². The Kier molecular flexibility index (Phi) is 1.87. The summed E-state index contributed by atoms with van der Waals surface area (Å²) in [6.07, 6.45) is 4.24. The SMILES string of the molecule is CCn1nncc1C(N)C1(C)CC1. The monoisotopic (exact) mass is 180 g/mol. The summed E-state index contributed by atoms with van der Waals surface area (Å²) in [5.41, 5.74) is 7.53. The van der Waals surface area contributed by atoms with Crippen LogP contribution in [0.25, 0.3) is 0 Å². The molecule has 0 radical (unpaired) electrons. The molecule has 1 atom stereocenters. The molecule has 1 unspecified atom stereocenters. The van der Waals surface area contributed by atoms with Crippen molar-refractivity contribution < 1.29 is 0 Å². The third-order valence-corrected chi connectivity index (χ3v) is 3.06. The topological polar surface area (TPSA) is 56.7 Å². The zero-order valence-electron chi connectivity index (χ0n) is 8.20. The number of hydrogen-bond donors (Lipinski definition) is 1. The van der Waals surface area contributed by atoms with E-state index in [1.54, 1.807) is 6.20 Å². The van der Waals surface area contributed by atoms with Crippen LogP contribution in [-0.2, 0) is 6.54 Å². The third kappa shape index (κ3) is 1.35. The molecule has 4 heteroatoms. The summed E-state index contributed by atoms with van der Waals surface area (Å²) in [5.74, 6) is 0. The van der Waals surface area contributed by atoms with Gasteiger partial charge in [-0.25, -0.2) is 4.68 Å². The average molecular weight is 180 g/mol. The standard InChI is InChI=1S/C9H16N4/c1-3-13-7(6-11-12-13)8(10)9(2)4-5-9/h6,8H,3-5,10H2,1-2H3. The van der Waals surface area contributed by atoms with Gasteiger partial charge in [0.15, 0.2) is 0 Å². The molecule has 4 nitrogen and oxygen atoms in total. The second-order valence-electron chi connectivity index (χ2n) is 4.11. The van der Waals surface area contributed by atoms with E-state index in [0.29, 0.717) is 5.41 Å². The van der Waals surface area contributed by atoms with Gasteiger partial charge in [0, 0.05) is 6.54 Å². The molecule has 1 aliphatic rings. The summed E-state index contributed by atoms with van der Waals surface area (Å²) in [6.45, 7) is 5.13. The molecule has 0 amide bonds. The van der Waals surface area contributed by atoms with Crippen LogP contribution in [0.5, 0.6) is 0 Å². The normalized spacial score (nSPS) is 21.5. The predicted molar refractivity (Wildman–Crippen MR) is 50.0 cm³/mol. The first-order valence-corrected chi connectivity index (χ1v) is 4.81. The van der Waals surface area contributed by atoms with E-state index in [1.807, 2.05) is 4.68 Å². The van der Waals surface area contributed by atoms with Crippen LogP contribution in [0.15, 0.2) is 6.20 Å². The Labute approximate surface area is 78.1 Å². The van der Waals surface area contributed by atoms with E-state index >= 15 is 0 Å². The van der Waals surface area contributed by atoms with E-state index in [-0.39, 0.29) is 6.04 Å². The van der Waals surface area contributed by atoms with Gasteiger partial charge in [-0.05, 0) is 25.2 Å². The van der Waals surface area contributed by atoms with Gasteiger partial charge in [0.2, 0.25) is 0 Å². The van der Waals surface area contributed by atoms with E-state index in [9.17, 15) is 0 Å². The van der Waals surface area contributed by atoms with E-state index in [1.165, 1.54) is 12.8 Å². The molecule has 0 bridgehead atoms. The molecular weight excluding hydrogens is 164 g/mol. The third-order valence-electron chi connectivity index (χ3n) is 3.06. The number of nitrogens with two attached hydrogens (primary N) is 1. The van der Waals surface area contributed by atoms with Crippen molar-refractivity contribution in [2.75, 3.05) is 0 Å². The smallest absolute Gasteiger partial charge is 0.0759 e. The summed E-state index contributed by atoms with van der Waals surface area (Å²) < 4.78 is 1.88. The molecule has 2 N–H and O–H groups in total. The van der Waals surface area contributed by atoms with Crippen molar-refractivity contribution in [1.29, 1.82) is 0 Å². The molecule has 0 spiro atoms. The Hall–Kier alpha value is -0.900. The zero-order chi connectivity index (χ0) is 9.47. The van der Waals surface area contributed by atoms with Gasteiger partial charge < -0.3 is 5.73 Å². The van der Waals surface area contributed by atoms with Crippen LogP contribution in [0.4, 0.5) is 0 Å². The first-order chi connectivity index (χ1) is 6.17. The Balaban J connectivity index is 2.24. The number of hydrogen-bond acceptors (Lipinski definition) is 3. The minimum absolute atomic E-state index is 0.0995. The van der Waals surface area contributed by atoms with Crippen LogP contribution in [0.3, 0.4) is 0 Å². The van der Waals surface area contributed by atoms with Gasteiger partial charge in [-0.2, -0.15) is 0 Å². The molecule has 0 aromatic carbocycles. The fourth-order valence-electron chi connectivity index (χ4n) is 1.62. The lowest BCUT2D eigenvalue weighted by Gasteiger charge is -2.18. The Morgan fingerprint density at radius 3 is 2.92 bits per heavy atom. The van der Waals surface area contributed by atoms with Gasteiger partial charge in [0.05, 0.1) is 17.9 Å². The lowest BCUT2D eigenvalue weighted by molar-refractivity contribution is 0.417. The molecule has 72 valence electrons. The van der Waals surface area contributed by atoms with Gasteiger partial charge >= 0.3 is 0 Å². The average Bonchev–Trinajstić information content (AvgIpc) is 2.71. The Bertz CT molecular complexity index is 300. The molecule has 1 aliphatic carbocycles. The summed E-state index contributed by atoms with van der Waals surface area (Å²) in [7, 11) is 0. The predicted octanol–water partition coefficient (Wildman–Crippen LogP) is 1.10. The van der Waals surface area contributed by atoms with Crippen molar-refractivity contribution in [3.63, 3.8) is 0 Å². The van der Waals surface area contributed by atoms with Crippen LogP contribution < -0.4 is 5.73 Å². The van der Waals surface area contributed by atoms with Crippen LogP contribution in [-0.4, -0.2) is 15.0 Å². The maximum absolute atomic E-state index is 6.15. The zero-order valence-corrected chi connectivity index (χ0v) is 8.20. The molecule has 2 rings (SSSR count). The minimum atomic E-state index is 0.0995.